The van der Waals surface area contributed by atoms with E-state index in [1.54, 1.807) is 11.8 Å². The predicted octanol–water partition coefficient (Wildman–Crippen LogP) is 3.51. The van der Waals surface area contributed by atoms with Crippen molar-refractivity contribution in [3.63, 3.8) is 0 Å². The number of fused-ring (bicyclic) bond motifs is 1. The average molecular weight is 545 g/mol. The first-order chi connectivity index (χ1) is 18.8. The molecule has 1 aromatic rings. The van der Waals surface area contributed by atoms with Gasteiger partial charge in [0.25, 0.3) is 0 Å². The minimum absolute atomic E-state index is 0.0253. The smallest absolute Gasteiger partial charge is 0.462 e. The Morgan fingerprint density at radius 1 is 1.08 bits per heavy atom. The van der Waals surface area contributed by atoms with Crippen LogP contribution in [0.1, 0.15) is 70.8 Å². The number of likely N-dealkylation sites (tertiary alicyclic amines) is 1. The van der Waals surface area contributed by atoms with Crippen molar-refractivity contribution in [2.24, 2.45) is 5.92 Å². The summed E-state index contributed by atoms with van der Waals surface area (Å²) in [5.74, 6) is -0.447. The Kier molecular flexibility index (Phi) is 10.2. The maximum atomic E-state index is 13.6. The first-order valence-corrected chi connectivity index (χ1v) is 14.1. The van der Waals surface area contributed by atoms with Gasteiger partial charge in [0, 0.05) is 12.5 Å². The highest BCUT2D eigenvalue weighted by atomic mass is 16.8. The van der Waals surface area contributed by atoms with Crippen molar-refractivity contribution in [3.05, 3.63) is 35.9 Å². The molecule has 1 aliphatic carbocycles. The second-order valence-corrected chi connectivity index (χ2v) is 10.7. The van der Waals surface area contributed by atoms with Gasteiger partial charge < -0.3 is 29.2 Å². The largest absolute Gasteiger partial charge is 0.509 e. The van der Waals surface area contributed by atoms with Crippen LogP contribution in [0, 0.1) is 5.92 Å². The van der Waals surface area contributed by atoms with E-state index in [0.29, 0.717) is 31.7 Å². The van der Waals surface area contributed by atoms with Crippen LogP contribution in [0.5, 0.6) is 0 Å². The van der Waals surface area contributed by atoms with Crippen LogP contribution in [0.3, 0.4) is 0 Å². The molecule has 4 rings (SSSR count). The highest BCUT2D eigenvalue weighted by Gasteiger charge is 2.48. The van der Waals surface area contributed by atoms with Crippen LogP contribution >= 0.6 is 0 Å². The molecule has 1 aromatic carbocycles. The highest BCUT2D eigenvalue weighted by Crippen LogP contribution is 2.40. The van der Waals surface area contributed by atoms with Gasteiger partial charge in [-0.3, -0.25) is 9.59 Å². The molecule has 1 amide bonds. The number of rotatable bonds is 12. The zero-order valence-electron chi connectivity index (χ0n) is 22.8. The summed E-state index contributed by atoms with van der Waals surface area (Å²) >= 11 is 0. The lowest BCUT2D eigenvalue weighted by Crippen LogP contribution is -2.53. The monoisotopic (exact) mass is 544 g/mol. The van der Waals surface area contributed by atoms with Gasteiger partial charge in [0.2, 0.25) is 5.91 Å². The third-order valence-electron chi connectivity index (χ3n) is 7.93. The molecule has 1 saturated carbocycles. The summed E-state index contributed by atoms with van der Waals surface area (Å²) in [5.41, 5.74) is 0.920. The number of nitrogens with zero attached hydrogens (tertiary/aromatic N) is 1. The number of hydrogen-bond acceptors (Lipinski definition) is 9. The van der Waals surface area contributed by atoms with E-state index < -0.39 is 30.4 Å². The number of cyclic esters (lactones) is 2. The molecule has 39 heavy (non-hydrogen) atoms. The lowest BCUT2D eigenvalue weighted by atomic mass is 9.84. The van der Waals surface area contributed by atoms with E-state index in [1.807, 2.05) is 37.3 Å². The Labute approximate surface area is 229 Å². The average Bonchev–Trinajstić information content (AvgIpc) is 3.49. The molecule has 3 fully saturated rings. The van der Waals surface area contributed by atoms with Gasteiger partial charge in [0.1, 0.15) is 25.4 Å². The van der Waals surface area contributed by atoms with Crippen molar-refractivity contribution in [1.29, 1.82) is 0 Å². The number of benzene rings is 1. The van der Waals surface area contributed by atoms with E-state index in [2.05, 4.69) is 5.32 Å². The van der Waals surface area contributed by atoms with Crippen LogP contribution in [0.2, 0.25) is 0 Å². The molecule has 2 unspecified atom stereocenters. The van der Waals surface area contributed by atoms with Gasteiger partial charge >= 0.3 is 18.1 Å². The minimum Gasteiger partial charge on any atom is -0.462 e. The lowest BCUT2D eigenvalue weighted by molar-refractivity contribution is -0.156. The molecule has 0 radical (unpaired) electrons. The number of amides is 1. The molecule has 10 heteroatoms. The zero-order valence-corrected chi connectivity index (χ0v) is 22.8. The number of carbonyl (C=O) groups excluding carboxylic acids is 4. The molecule has 2 heterocycles. The Morgan fingerprint density at radius 3 is 2.59 bits per heavy atom. The van der Waals surface area contributed by atoms with E-state index in [9.17, 15) is 19.2 Å². The summed E-state index contributed by atoms with van der Waals surface area (Å²) in [6, 6.07) is 8.62. The third-order valence-corrected chi connectivity index (χ3v) is 7.93. The molecule has 0 bridgehead atoms. The number of ether oxygens (including phenoxy) is 4. The molecule has 214 valence electrons. The maximum Gasteiger partial charge on any atom is 0.509 e. The fourth-order valence-corrected chi connectivity index (χ4v) is 5.73. The molecule has 6 atom stereocenters. The van der Waals surface area contributed by atoms with Crippen molar-refractivity contribution in [1.82, 2.24) is 10.2 Å². The number of carbonyl (C=O) groups is 4. The maximum absolute atomic E-state index is 13.6. The topological polar surface area (TPSA) is 120 Å². The second-order valence-electron chi connectivity index (χ2n) is 10.7. The molecular formula is C29H40N2O8. The molecular weight excluding hydrogens is 504 g/mol. The van der Waals surface area contributed by atoms with Gasteiger partial charge in [-0.05, 0) is 64.0 Å². The van der Waals surface area contributed by atoms with Crippen LogP contribution < -0.4 is 5.32 Å². The lowest BCUT2D eigenvalue weighted by Gasteiger charge is -2.35. The number of unbranched alkanes of at least 4 members (excludes halogenated alkanes) is 1. The zero-order chi connectivity index (χ0) is 27.8. The normalized spacial score (nSPS) is 26.8. The van der Waals surface area contributed by atoms with Gasteiger partial charge in [-0.15, -0.1) is 0 Å². The van der Waals surface area contributed by atoms with E-state index in [-0.39, 0.29) is 43.5 Å². The van der Waals surface area contributed by atoms with Crippen LogP contribution in [-0.4, -0.2) is 72.4 Å². The summed E-state index contributed by atoms with van der Waals surface area (Å²) in [5, 5.41) is 3.26. The Hall–Kier alpha value is -3.14. The Balaban J connectivity index is 1.21. The fourth-order valence-electron chi connectivity index (χ4n) is 5.73. The van der Waals surface area contributed by atoms with Gasteiger partial charge in [0.15, 0.2) is 6.10 Å². The first-order valence-electron chi connectivity index (χ1n) is 14.1. The molecule has 2 aliphatic heterocycles. The van der Waals surface area contributed by atoms with Crippen molar-refractivity contribution in [2.75, 3.05) is 13.2 Å². The SMILES string of the molecule is CC(NCCCCC(=O)OC[C@@H]1OC(=O)OC1C)C(=O)N1[C@H](C(=O)OCc2ccccc2)C[C@@H]2CCCC[C@@H]21. The van der Waals surface area contributed by atoms with Crippen molar-refractivity contribution in [3.8, 4) is 0 Å². The fraction of sp³-hybridized carbons (Fsp3) is 0.655. The van der Waals surface area contributed by atoms with Crippen LogP contribution in [0.4, 0.5) is 4.79 Å². The minimum atomic E-state index is -0.748. The summed E-state index contributed by atoms with van der Waals surface area (Å²) in [4.78, 5) is 51.6. The number of hydrogen-bond donors (Lipinski definition) is 1. The number of esters is 2. The van der Waals surface area contributed by atoms with Crippen LogP contribution in [-0.2, 0) is 39.9 Å². The van der Waals surface area contributed by atoms with Gasteiger partial charge in [-0.2, -0.15) is 0 Å². The van der Waals surface area contributed by atoms with Crippen molar-refractivity contribution < 1.29 is 38.1 Å². The van der Waals surface area contributed by atoms with E-state index in [4.69, 9.17) is 18.9 Å². The van der Waals surface area contributed by atoms with Gasteiger partial charge in [-0.1, -0.05) is 43.2 Å². The molecule has 10 nitrogen and oxygen atoms in total. The quantitative estimate of drug-likeness (QED) is 0.239. The molecule has 0 spiro atoms. The summed E-state index contributed by atoms with van der Waals surface area (Å²) < 4.78 is 20.6. The standard InChI is InChI=1S/C29H40N2O8/c1-19(30-15-9-8-14-26(32)36-18-25-20(2)38-29(35)39-25)27(33)31-23-13-7-6-12-22(23)16-24(31)28(34)37-17-21-10-4-3-5-11-21/h3-5,10-11,19-20,22-25,30H,6-9,12-18H2,1-2H3/t19?,20?,22-,23-,24-,25-/m0/s1. The summed E-state index contributed by atoms with van der Waals surface area (Å²) in [7, 11) is 0. The molecule has 0 aromatic heterocycles. The highest BCUT2D eigenvalue weighted by molar-refractivity contribution is 5.88. The second kappa shape index (κ2) is 13.8. The number of nitrogens with one attached hydrogen (secondary N) is 1. The summed E-state index contributed by atoms with van der Waals surface area (Å²) in [6.07, 6.45) is 4.51. The van der Waals surface area contributed by atoms with Crippen molar-refractivity contribution in [2.45, 2.75) is 102 Å². The van der Waals surface area contributed by atoms with Gasteiger partial charge in [0.05, 0.1) is 6.04 Å². The summed E-state index contributed by atoms with van der Waals surface area (Å²) in [6.45, 7) is 4.23. The van der Waals surface area contributed by atoms with E-state index >= 15 is 0 Å². The van der Waals surface area contributed by atoms with E-state index in [1.165, 1.54) is 0 Å². The molecule has 2 saturated heterocycles. The van der Waals surface area contributed by atoms with Crippen LogP contribution in [0.15, 0.2) is 30.3 Å². The van der Waals surface area contributed by atoms with Crippen LogP contribution in [0.25, 0.3) is 0 Å². The van der Waals surface area contributed by atoms with Gasteiger partial charge in [-0.25, -0.2) is 9.59 Å². The Morgan fingerprint density at radius 2 is 1.85 bits per heavy atom. The Bertz CT molecular complexity index is 1000. The first kappa shape index (κ1) is 28.9. The third kappa shape index (κ3) is 7.71. The van der Waals surface area contributed by atoms with Crippen molar-refractivity contribution >= 4 is 24.0 Å². The van der Waals surface area contributed by atoms with E-state index in [0.717, 1.165) is 31.2 Å². The molecule has 1 N–H and O–H groups in total. The predicted molar refractivity (Wildman–Crippen MR) is 140 cm³/mol. The molecule has 3 aliphatic rings.